The Morgan fingerprint density at radius 3 is 2.71 bits per heavy atom. The molecule has 0 spiro atoms. The third kappa shape index (κ3) is 2.20. The van der Waals surface area contributed by atoms with Gasteiger partial charge in [-0.2, -0.15) is 0 Å². The minimum atomic E-state index is -0.341. The molecule has 1 aromatic heterocycles. The Hall–Kier alpha value is -1.16. The number of nitrogens with two attached hydrogens (primary N) is 1. The van der Waals surface area contributed by atoms with E-state index in [-0.39, 0.29) is 5.82 Å². The zero-order valence-electron chi connectivity index (χ0n) is 8.79. The molecule has 4 heteroatoms. The highest BCUT2D eigenvalue weighted by molar-refractivity contribution is 5.46. The summed E-state index contributed by atoms with van der Waals surface area (Å²) in [6.07, 6.45) is 1.22. The summed E-state index contributed by atoms with van der Waals surface area (Å²) in [5, 5.41) is 0. The summed E-state index contributed by atoms with van der Waals surface area (Å²) in [6.45, 7) is 4.40. The molecule has 78 valence electrons. The zero-order valence-corrected chi connectivity index (χ0v) is 8.79. The minimum Gasteiger partial charge on any atom is -0.357 e. The van der Waals surface area contributed by atoms with E-state index in [1.165, 1.54) is 12.3 Å². The van der Waals surface area contributed by atoms with E-state index in [2.05, 4.69) is 4.98 Å². The Morgan fingerprint density at radius 2 is 2.21 bits per heavy atom. The normalized spacial score (nSPS) is 10.7. The van der Waals surface area contributed by atoms with Gasteiger partial charge in [0.1, 0.15) is 11.6 Å². The molecule has 1 aromatic rings. The van der Waals surface area contributed by atoms with Gasteiger partial charge in [-0.05, 0) is 19.9 Å². The highest BCUT2D eigenvalue weighted by Crippen LogP contribution is 2.18. The lowest BCUT2D eigenvalue weighted by atomic mass is 10.2. The lowest BCUT2D eigenvalue weighted by molar-refractivity contribution is 0.616. The van der Waals surface area contributed by atoms with Gasteiger partial charge in [0.2, 0.25) is 0 Å². The molecule has 1 rings (SSSR count). The van der Waals surface area contributed by atoms with Crippen molar-refractivity contribution >= 4 is 5.82 Å². The summed E-state index contributed by atoms with van der Waals surface area (Å²) in [4.78, 5) is 6.02. The molecule has 14 heavy (non-hydrogen) atoms. The van der Waals surface area contributed by atoms with Gasteiger partial charge in [-0.3, -0.25) is 0 Å². The summed E-state index contributed by atoms with van der Waals surface area (Å²) < 4.78 is 12.9. The molecule has 0 saturated heterocycles. The van der Waals surface area contributed by atoms with Gasteiger partial charge < -0.3 is 10.6 Å². The van der Waals surface area contributed by atoms with Gasteiger partial charge in [-0.15, -0.1) is 0 Å². The molecule has 0 aromatic carbocycles. The van der Waals surface area contributed by atoms with E-state index in [0.717, 1.165) is 11.4 Å². The van der Waals surface area contributed by atoms with E-state index < -0.39 is 0 Å². The van der Waals surface area contributed by atoms with Crippen LogP contribution < -0.4 is 10.6 Å². The van der Waals surface area contributed by atoms with Crippen molar-refractivity contribution in [1.82, 2.24) is 4.98 Å². The average molecular weight is 197 g/mol. The molecule has 0 aliphatic heterocycles. The first-order chi connectivity index (χ1) is 6.56. The second-order valence-corrected chi connectivity index (χ2v) is 3.55. The third-order valence-corrected chi connectivity index (χ3v) is 2.24. The van der Waals surface area contributed by atoms with E-state index in [4.69, 9.17) is 5.73 Å². The SMILES string of the molecule is CC(C)N(C)c1ncc(F)cc1CN. The van der Waals surface area contributed by atoms with Crippen molar-refractivity contribution in [1.29, 1.82) is 0 Å². The summed E-state index contributed by atoms with van der Waals surface area (Å²) >= 11 is 0. The molecule has 1 heterocycles. The van der Waals surface area contributed by atoms with Crippen LogP contribution in [0.25, 0.3) is 0 Å². The predicted octanol–water partition coefficient (Wildman–Crippen LogP) is 1.52. The molecule has 0 saturated carbocycles. The van der Waals surface area contributed by atoms with E-state index in [0.29, 0.717) is 12.6 Å². The Morgan fingerprint density at radius 1 is 1.57 bits per heavy atom. The average Bonchev–Trinajstić information content (AvgIpc) is 2.16. The highest BCUT2D eigenvalue weighted by Gasteiger charge is 2.11. The fraction of sp³-hybridized carbons (Fsp3) is 0.500. The quantitative estimate of drug-likeness (QED) is 0.799. The van der Waals surface area contributed by atoms with Crippen LogP contribution in [-0.4, -0.2) is 18.1 Å². The molecule has 0 bridgehead atoms. The minimum absolute atomic E-state index is 0.303. The van der Waals surface area contributed by atoms with Gasteiger partial charge in [-0.25, -0.2) is 9.37 Å². The van der Waals surface area contributed by atoms with E-state index in [1.807, 2.05) is 25.8 Å². The zero-order chi connectivity index (χ0) is 10.7. The standard InChI is InChI=1S/C10H16FN3/c1-7(2)14(3)10-8(5-12)4-9(11)6-13-10/h4,6-7H,5,12H2,1-3H3. The second-order valence-electron chi connectivity index (χ2n) is 3.55. The molecule has 0 unspecified atom stereocenters. The van der Waals surface area contributed by atoms with Crippen LogP contribution in [0.15, 0.2) is 12.3 Å². The number of hydrogen-bond acceptors (Lipinski definition) is 3. The lowest BCUT2D eigenvalue weighted by Crippen LogP contribution is -2.28. The smallest absolute Gasteiger partial charge is 0.141 e. The van der Waals surface area contributed by atoms with Crippen LogP contribution in [0.3, 0.4) is 0 Å². The topological polar surface area (TPSA) is 42.2 Å². The summed E-state index contributed by atoms with van der Waals surface area (Å²) in [5.41, 5.74) is 6.26. The van der Waals surface area contributed by atoms with Crippen LogP contribution in [-0.2, 0) is 6.54 Å². The molecule has 2 N–H and O–H groups in total. The number of pyridine rings is 1. The number of aromatic nitrogens is 1. The number of hydrogen-bond donors (Lipinski definition) is 1. The predicted molar refractivity (Wildman–Crippen MR) is 55.6 cm³/mol. The Kier molecular flexibility index (Phi) is 3.41. The van der Waals surface area contributed by atoms with Crippen LogP contribution in [0.2, 0.25) is 0 Å². The van der Waals surface area contributed by atoms with Gasteiger partial charge in [-0.1, -0.05) is 0 Å². The number of rotatable bonds is 3. The summed E-state index contributed by atoms with van der Waals surface area (Å²) in [6, 6.07) is 1.75. The number of anilines is 1. The van der Waals surface area contributed by atoms with Crippen molar-refractivity contribution in [3.8, 4) is 0 Å². The first kappa shape index (κ1) is 10.9. The van der Waals surface area contributed by atoms with Crippen molar-refractivity contribution in [2.45, 2.75) is 26.4 Å². The lowest BCUT2D eigenvalue weighted by Gasteiger charge is -2.24. The molecule has 0 atom stereocenters. The molecule has 0 aliphatic carbocycles. The van der Waals surface area contributed by atoms with Gasteiger partial charge in [0, 0.05) is 25.2 Å². The van der Waals surface area contributed by atoms with Crippen molar-refractivity contribution in [2.24, 2.45) is 5.73 Å². The van der Waals surface area contributed by atoms with Crippen LogP contribution in [0.5, 0.6) is 0 Å². The van der Waals surface area contributed by atoms with Gasteiger partial charge in [0.15, 0.2) is 0 Å². The van der Waals surface area contributed by atoms with E-state index >= 15 is 0 Å². The van der Waals surface area contributed by atoms with Gasteiger partial charge in [0.25, 0.3) is 0 Å². The summed E-state index contributed by atoms with van der Waals surface area (Å²) in [5.74, 6) is 0.412. The van der Waals surface area contributed by atoms with Crippen LogP contribution >= 0.6 is 0 Å². The molecule has 0 fully saturated rings. The fourth-order valence-electron chi connectivity index (χ4n) is 1.19. The Balaban J connectivity index is 3.07. The maximum absolute atomic E-state index is 12.9. The first-order valence-corrected chi connectivity index (χ1v) is 4.63. The largest absolute Gasteiger partial charge is 0.357 e. The number of nitrogens with zero attached hydrogens (tertiary/aromatic N) is 2. The monoisotopic (exact) mass is 197 g/mol. The molecule has 0 aliphatic rings. The maximum Gasteiger partial charge on any atom is 0.141 e. The Labute approximate surface area is 83.7 Å². The maximum atomic E-state index is 12.9. The highest BCUT2D eigenvalue weighted by atomic mass is 19.1. The van der Waals surface area contributed by atoms with Crippen molar-refractivity contribution < 1.29 is 4.39 Å². The van der Waals surface area contributed by atoms with Crippen LogP contribution in [0, 0.1) is 5.82 Å². The molecular formula is C10H16FN3. The first-order valence-electron chi connectivity index (χ1n) is 4.63. The molecule has 0 amide bonds. The third-order valence-electron chi connectivity index (χ3n) is 2.24. The molecular weight excluding hydrogens is 181 g/mol. The van der Waals surface area contributed by atoms with Crippen molar-refractivity contribution in [3.05, 3.63) is 23.6 Å². The Bertz CT molecular complexity index is 312. The summed E-state index contributed by atoms with van der Waals surface area (Å²) in [7, 11) is 1.92. The van der Waals surface area contributed by atoms with Crippen molar-refractivity contribution in [3.63, 3.8) is 0 Å². The van der Waals surface area contributed by atoms with E-state index in [9.17, 15) is 4.39 Å². The fourth-order valence-corrected chi connectivity index (χ4v) is 1.19. The van der Waals surface area contributed by atoms with Gasteiger partial charge >= 0.3 is 0 Å². The second kappa shape index (κ2) is 4.37. The van der Waals surface area contributed by atoms with Crippen molar-refractivity contribution in [2.75, 3.05) is 11.9 Å². The van der Waals surface area contributed by atoms with Crippen LogP contribution in [0.4, 0.5) is 10.2 Å². The van der Waals surface area contributed by atoms with Gasteiger partial charge in [0.05, 0.1) is 6.20 Å². The van der Waals surface area contributed by atoms with Crippen LogP contribution in [0.1, 0.15) is 19.4 Å². The number of halogens is 1. The molecule has 3 nitrogen and oxygen atoms in total. The molecule has 0 radical (unpaired) electrons. The van der Waals surface area contributed by atoms with E-state index in [1.54, 1.807) is 0 Å².